The van der Waals surface area contributed by atoms with Gasteiger partial charge in [-0.1, -0.05) is 38.7 Å². The van der Waals surface area contributed by atoms with Crippen LogP contribution in [0.4, 0.5) is 0 Å². The molecular weight excluding hydrogens is 224 g/mol. The van der Waals surface area contributed by atoms with E-state index in [1.54, 1.807) is 14.2 Å². The predicted octanol–water partition coefficient (Wildman–Crippen LogP) is 4.53. The van der Waals surface area contributed by atoms with Crippen LogP contribution >= 0.6 is 0 Å². The zero-order valence-corrected chi connectivity index (χ0v) is 12.2. The third-order valence-corrected chi connectivity index (χ3v) is 3.41. The van der Waals surface area contributed by atoms with Crippen molar-refractivity contribution in [1.82, 2.24) is 0 Å². The van der Waals surface area contributed by atoms with Crippen molar-refractivity contribution >= 4 is 0 Å². The van der Waals surface area contributed by atoms with Crippen LogP contribution in [0.3, 0.4) is 0 Å². The lowest BCUT2D eigenvalue weighted by atomic mass is 10.0. The molecule has 0 spiro atoms. The number of hydrogen-bond donors (Lipinski definition) is 0. The number of rotatable bonds is 8. The standard InChI is InChI=1S/C16H26O2/c1-5-6-7-8-9-10-14-11-12-15(17-3)13(2)16(14)18-4/h11-12H,5-10H2,1-4H3. The van der Waals surface area contributed by atoms with E-state index in [2.05, 4.69) is 19.9 Å². The van der Waals surface area contributed by atoms with Crippen molar-refractivity contribution < 1.29 is 9.47 Å². The summed E-state index contributed by atoms with van der Waals surface area (Å²) < 4.78 is 10.8. The molecule has 0 saturated carbocycles. The van der Waals surface area contributed by atoms with Crippen LogP contribution in [0, 0.1) is 6.92 Å². The first-order valence-corrected chi connectivity index (χ1v) is 6.95. The molecule has 0 aromatic heterocycles. The van der Waals surface area contributed by atoms with E-state index in [4.69, 9.17) is 9.47 Å². The number of benzene rings is 1. The summed E-state index contributed by atoms with van der Waals surface area (Å²) in [5.41, 5.74) is 2.40. The second kappa shape index (κ2) is 8.02. The van der Waals surface area contributed by atoms with Crippen LogP contribution in [0.1, 0.15) is 50.2 Å². The highest BCUT2D eigenvalue weighted by Gasteiger charge is 2.10. The van der Waals surface area contributed by atoms with Gasteiger partial charge in [0.15, 0.2) is 0 Å². The normalized spacial score (nSPS) is 10.4. The molecule has 0 aliphatic rings. The summed E-state index contributed by atoms with van der Waals surface area (Å²) in [6.07, 6.45) is 7.62. The summed E-state index contributed by atoms with van der Waals surface area (Å²) in [6, 6.07) is 4.17. The Bertz CT molecular complexity index is 358. The molecule has 0 N–H and O–H groups in total. The van der Waals surface area contributed by atoms with Gasteiger partial charge in [0.1, 0.15) is 11.5 Å². The zero-order chi connectivity index (χ0) is 13.4. The van der Waals surface area contributed by atoms with Crippen molar-refractivity contribution in [2.45, 2.75) is 52.4 Å². The number of unbranched alkanes of at least 4 members (excludes halogenated alkanes) is 4. The Morgan fingerprint density at radius 3 is 2.28 bits per heavy atom. The molecule has 0 unspecified atom stereocenters. The topological polar surface area (TPSA) is 18.5 Å². The van der Waals surface area contributed by atoms with Gasteiger partial charge < -0.3 is 9.47 Å². The SMILES string of the molecule is CCCCCCCc1ccc(OC)c(C)c1OC. The maximum absolute atomic E-state index is 5.52. The molecule has 0 atom stereocenters. The van der Waals surface area contributed by atoms with Gasteiger partial charge in [-0.05, 0) is 31.4 Å². The summed E-state index contributed by atoms with van der Waals surface area (Å²) in [6.45, 7) is 4.30. The minimum absolute atomic E-state index is 0.904. The minimum atomic E-state index is 0.904. The maximum atomic E-state index is 5.52. The quantitative estimate of drug-likeness (QED) is 0.631. The lowest BCUT2D eigenvalue weighted by Crippen LogP contribution is -1.98. The summed E-state index contributed by atoms with van der Waals surface area (Å²) in [5, 5.41) is 0. The van der Waals surface area contributed by atoms with E-state index in [-0.39, 0.29) is 0 Å². The molecule has 2 heteroatoms. The van der Waals surface area contributed by atoms with Gasteiger partial charge in [0, 0.05) is 5.56 Å². The molecule has 0 aliphatic carbocycles. The van der Waals surface area contributed by atoms with Gasteiger partial charge in [0.25, 0.3) is 0 Å². The molecule has 0 bridgehead atoms. The van der Waals surface area contributed by atoms with Crippen LogP contribution in [0.25, 0.3) is 0 Å². The van der Waals surface area contributed by atoms with Crippen molar-refractivity contribution in [3.05, 3.63) is 23.3 Å². The number of ether oxygens (including phenoxy) is 2. The molecule has 0 saturated heterocycles. The van der Waals surface area contributed by atoms with E-state index in [1.165, 1.54) is 37.7 Å². The van der Waals surface area contributed by atoms with Crippen molar-refractivity contribution in [2.75, 3.05) is 14.2 Å². The van der Waals surface area contributed by atoms with Gasteiger partial charge in [-0.2, -0.15) is 0 Å². The molecule has 0 heterocycles. The Hall–Kier alpha value is -1.18. The molecule has 0 amide bonds. The molecule has 1 aromatic carbocycles. The summed E-state index contributed by atoms with van der Waals surface area (Å²) in [5.74, 6) is 1.89. The largest absolute Gasteiger partial charge is 0.496 e. The van der Waals surface area contributed by atoms with Crippen LogP contribution in [0.15, 0.2) is 12.1 Å². The van der Waals surface area contributed by atoms with Gasteiger partial charge in [0.2, 0.25) is 0 Å². The monoisotopic (exact) mass is 250 g/mol. The highest BCUT2D eigenvalue weighted by atomic mass is 16.5. The fourth-order valence-electron chi connectivity index (χ4n) is 2.35. The fourth-order valence-corrected chi connectivity index (χ4v) is 2.35. The van der Waals surface area contributed by atoms with E-state index in [0.29, 0.717) is 0 Å². The molecule has 102 valence electrons. The molecule has 0 fully saturated rings. The van der Waals surface area contributed by atoms with Gasteiger partial charge in [-0.25, -0.2) is 0 Å². The van der Waals surface area contributed by atoms with Gasteiger partial charge >= 0.3 is 0 Å². The zero-order valence-electron chi connectivity index (χ0n) is 12.2. The Morgan fingerprint density at radius 1 is 0.944 bits per heavy atom. The Balaban J connectivity index is 2.62. The highest BCUT2D eigenvalue weighted by Crippen LogP contribution is 2.32. The first-order chi connectivity index (χ1) is 8.74. The van der Waals surface area contributed by atoms with Crippen LogP contribution in [0.2, 0.25) is 0 Å². The van der Waals surface area contributed by atoms with E-state index in [1.807, 2.05) is 6.07 Å². The maximum Gasteiger partial charge on any atom is 0.128 e. The van der Waals surface area contributed by atoms with Crippen molar-refractivity contribution in [1.29, 1.82) is 0 Å². The first kappa shape index (κ1) is 14.9. The second-order valence-electron chi connectivity index (χ2n) is 4.75. The van der Waals surface area contributed by atoms with Gasteiger partial charge in [-0.3, -0.25) is 0 Å². The third kappa shape index (κ3) is 3.94. The Morgan fingerprint density at radius 2 is 1.67 bits per heavy atom. The molecule has 18 heavy (non-hydrogen) atoms. The molecule has 2 nitrogen and oxygen atoms in total. The number of hydrogen-bond acceptors (Lipinski definition) is 2. The Kier molecular flexibility index (Phi) is 6.63. The summed E-state index contributed by atoms with van der Waals surface area (Å²) >= 11 is 0. The lowest BCUT2D eigenvalue weighted by Gasteiger charge is -2.14. The minimum Gasteiger partial charge on any atom is -0.496 e. The average Bonchev–Trinajstić information content (AvgIpc) is 2.39. The molecule has 1 rings (SSSR count). The van der Waals surface area contributed by atoms with Crippen molar-refractivity contribution in [3.8, 4) is 11.5 Å². The molecule has 1 aromatic rings. The molecule has 0 radical (unpaired) electrons. The van der Waals surface area contributed by atoms with E-state index in [0.717, 1.165) is 23.5 Å². The smallest absolute Gasteiger partial charge is 0.128 e. The van der Waals surface area contributed by atoms with E-state index >= 15 is 0 Å². The van der Waals surface area contributed by atoms with Crippen molar-refractivity contribution in [3.63, 3.8) is 0 Å². The lowest BCUT2D eigenvalue weighted by molar-refractivity contribution is 0.385. The highest BCUT2D eigenvalue weighted by molar-refractivity contribution is 5.49. The van der Waals surface area contributed by atoms with Crippen molar-refractivity contribution in [2.24, 2.45) is 0 Å². The predicted molar refractivity (Wildman–Crippen MR) is 76.7 cm³/mol. The number of aryl methyl sites for hydroxylation is 1. The Labute approximate surface area is 111 Å². The molecular formula is C16H26O2. The fraction of sp³-hybridized carbons (Fsp3) is 0.625. The van der Waals surface area contributed by atoms with Crippen LogP contribution in [-0.4, -0.2) is 14.2 Å². The first-order valence-electron chi connectivity index (χ1n) is 6.95. The van der Waals surface area contributed by atoms with Crippen LogP contribution in [0.5, 0.6) is 11.5 Å². The number of methoxy groups -OCH3 is 2. The third-order valence-electron chi connectivity index (χ3n) is 3.41. The average molecular weight is 250 g/mol. The molecule has 0 aliphatic heterocycles. The van der Waals surface area contributed by atoms with Crippen LogP contribution in [-0.2, 0) is 6.42 Å². The van der Waals surface area contributed by atoms with Gasteiger partial charge in [0.05, 0.1) is 14.2 Å². The van der Waals surface area contributed by atoms with E-state index in [9.17, 15) is 0 Å². The second-order valence-corrected chi connectivity index (χ2v) is 4.75. The van der Waals surface area contributed by atoms with Crippen LogP contribution < -0.4 is 9.47 Å². The van der Waals surface area contributed by atoms with E-state index < -0.39 is 0 Å². The summed E-state index contributed by atoms with van der Waals surface area (Å²) in [7, 11) is 3.44. The van der Waals surface area contributed by atoms with Gasteiger partial charge in [-0.15, -0.1) is 0 Å². The summed E-state index contributed by atoms with van der Waals surface area (Å²) in [4.78, 5) is 0.